The number of likely N-dealkylation sites (N-methyl/N-ethyl adjacent to an activating group) is 1. The van der Waals surface area contributed by atoms with Gasteiger partial charge in [-0.15, -0.1) is 5.10 Å². The van der Waals surface area contributed by atoms with Gasteiger partial charge in [0.2, 0.25) is 0 Å². The number of hydrogen-bond acceptors (Lipinski definition) is 5. The van der Waals surface area contributed by atoms with E-state index in [-0.39, 0.29) is 11.9 Å². The number of aromatic nitrogens is 3. The lowest BCUT2D eigenvalue weighted by Gasteiger charge is -2.25. The molecule has 1 aromatic carbocycles. The Hall–Kier alpha value is -2.25. The van der Waals surface area contributed by atoms with Gasteiger partial charge in [-0.3, -0.25) is 4.79 Å². The predicted molar refractivity (Wildman–Crippen MR) is 101 cm³/mol. The molecule has 2 heterocycles. The van der Waals surface area contributed by atoms with Crippen LogP contribution in [0.5, 0.6) is 0 Å². The van der Waals surface area contributed by atoms with Crippen LogP contribution in [0, 0.1) is 6.92 Å². The van der Waals surface area contributed by atoms with Gasteiger partial charge in [0.25, 0.3) is 5.91 Å². The lowest BCUT2D eigenvalue weighted by molar-refractivity contribution is 0.0936. The van der Waals surface area contributed by atoms with Gasteiger partial charge < -0.3 is 15.5 Å². The molecule has 1 fully saturated rings. The van der Waals surface area contributed by atoms with E-state index in [1.54, 1.807) is 0 Å². The largest absolute Gasteiger partial charge is 0.349 e. The predicted octanol–water partition coefficient (Wildman–Crippen LogP) is 1.54. The molecule has 7 heteroatoms. The molecule has 140 valence electrons. The molecule has 0 radical (unpaired) electrons. The molecular weight excluding hydrogens is 328 g/mol. The van der Waals surface area contributed by atoms with E-state index >= 15 is 0 Å². The maximum Gasteiger partial charge on any atom is 0.273 e. The standard InChI is InChI=1S/C19H28N6O/c1-14-18(22-23-25(14)16-9-11-20-12-10-16)19(26)21-13-17(24(2)3)15-7-5-4-6-8-15/h4-8,16-17,20H,9-13H2,1-3H3,(H,21,26). The number of piperidine rings is 1. The fourth-order valence-corrected chi connectivity index (χ4v) is 3.50. The molecule has 1 saturated heterocycles. The third kappa shape index (κ3) is 4.11. The molecular formula is C19H28N6O. The number of carbonyl (C=O) groups excluding carboxylic acids is 1. The van der Waals surface area contributed by atoms with Crippen molar-refractivity contribution >= 4 is 5.91 Å². The summed E-state index contributed by atoms with van der Waals surface area (Å²) in [5, 5.41) is 14.8. The fourth-order valence-electron chi connectivity index (χ4n) is 3.50. The maximum atomic E-state index is 12.7. The first-order valence-corrected chi connectivity index (χ1v) is 9.20. The van der Waals surface area contributed by atoms with Crippen molar-refractivity contribution in [3.8, 4) is 0 Å². The summed E-state index contributed by atoms with van der Waals surface area (Å²) < 4.78 is 1.91. The molecule has 1 aromatic heterocycles. The fraction of sp³-hybridized carbons (Fsp3) is 0.526. The van der Waals surface area contributed by atoms with E-state index in [1.165, 1.54) is 5.56 Å². The number of amides is 1. The van der Waals surface area contributed by atoms with E-state index in [9.17, 15) is 4.79 Å². The molecule has 7 nitrogen and oxygen atoms in total. The summed E-state index contributed by atoms with van der Waals surface area (Å²) in [7, 11) is 4.03. The van der Waals surface area contributed by atoms with Crippen LogP contribution in [0.25, 0.3) is 0 Å². The van der Waals surface area contributed by atoms with E-state index in [4.69, 9.17) is 0 Å². The minimum absolute atomic E-state index is 0.111. The van der Waals surface area contributed by atoms with Gasteiger partial charge in [0, 0.05) is 6.54 Å². The van der Waals surface area contributed by atoms with Crippen molar-refractivity contribution in [3.63, 3.8) is 0 Å². The van der Waals surface area contributed by atoms with Crippen molar-refractivity contribution in [2.45, 2.75) is 31.8 Å². The minimum Gasteiger partial charge on any atom is -0.349 e. The Morgan fingerprint density at radius 3 is 2.65 bits per heavy atom. The van der Waals surface area contributed by atoms with E-state index in [0.717, 1.165) is 31.6 Å². The van der Waals surface area contributed by atoms with Gasteiger partial charge >= 0.3 is 0 Å². The average Bonchev–Trinajstić information content (AvgIpc) is 3.04. The second-order valence-electron chi connectivity index (χ2n) is 7.05. The Balaban J connectivity index is 1.67. The van der Waals surface area contributed by atoms with Crippen molar-refractivity contribution in [3.05, 3.63) is 47.3 Å². The van der Waals surface area contributed by atoms with E-state index < -0.39 is 0 Å². The van der Waals surface area contributed by atoms with Crippen LogP contribution in [-0.4, -0.2) is 59.5 Å². The Morgan fingerprint density at radius 2 is 2.00 bits per heavy atom. The summed E-state index contributed by atoms with van der Waals surface area (Å²) >= 11 is 0. The highest BCUT2D eigenvalue weighted by atomic mass is 16.2. The summed E-state index contributed by atoms with van der Waals surface area (Å²) in [6, 6.07) is 10.6. The number of nitrogens with one attached hydrogen (secondary N) is 2. The molecule has 2 N–H and O–H groups in total. The van der Waals surface area contributed by atoms with Crippen molar-refractivity contribution < 1.29 is 4.79 Å². The van der Waals surface area contributed by atoms with Gasteiger partial charge in [-0.2, -0.15) is 0 Å². The summed E-state index contributed by atoms with van der Waals surface area (Å²) in [5.41, 5.74) is 2.44. The molecule has 1 aliphatic rings. The zero-order valence-electron chi connectivity index (χ0n) is 15.8. The molecule has 3 rings (SSSR count). The van der Waals surface area contributed by atoms with Crippen LogP contribution in [0.3, 0.4) is 0 Å². The van der Waals surface area contributed by atoms with Gasteiger partial charge in [0.1, 0.15) is 0 Å². The molecule has 0 bridgehead atoms. The maximum absolute atomic E-state index is 12.7. The zero-order chi connectivity index (χ0) is 18.5. The van der Waals surface area contributed by atoms with Gasteiger partial charge in [0.05, 0.1) is 17.8 Å². The Bertz CT molecular complexity index is 721. The monoisotopic (exact) mass is 356 g/mol. The van der Waals surface area contributed by atoms with E-state index in [2.05, 4.69) is 38.0 Å². The smallest absolute Gasteiger partial charge is 0.273 e. The van der Waals surface area contributed by atoms with Gasteiger partial charge in [-0.05, 0) is 52.5 Å². The number of nitrogens with zero attached hydrogens (tertiary/aromatic N) is 4. The Kier molecular flexibility index (Phi) is 6.00. The van der Waals surface area contributed by atoms with Gasteiger partial charge in [-0.25, -0.2) is 4.68 Å². The van der Waals surface area contributed by atoms with Crippen molar-refractivity contribution in [2.24, 2.45) is 0 Å². The summed E-state index contributed by atoms with van der Waals surface area (Å²) in [5.74, 6) is -0.162. The van der Waals surface area contributed by atoms with Crippen molar-refractivity contribution in [2.75, 3.05) is 33.7 Å². The lowest BCUT2D eigenvalue weighted by Crippen LogP contribution is -2.35. The third-order valence-corrected chi connectivity index (χ3v) is 5.06. The SMILES string of the molecule is Cc1c(C(=O)NCC(c2ccccc2)N(C)C)nnn1C1CCNCC1. The van der Waals surface area contributed by atoms with Crippen LogP contribution >= 0.6 is 0 Å². The van der Waals surface area contributed by atoms with Crippen LogP contribution in [0.4, 0.5) is 0 Å². The van der Waals surface area contributed by atoms with Crippen LogP contribution in [0.2, 0.25) is 0 Å². The summed E-state index contributed by atoms with van der Waals surface area (Å²) in [4.78, 5) is 14.8. The van der Waals surface area contributed by atoms with E-state index in [1.807, 2.05) is 43.9 Å². The van der Waals surface area contributed by atoms with Crippen LogP contribution < -0.4 is 10.6 Å². The normalized spacial score (nSPS) is 16.6. The second-order valence-corrected chi connectivity index (χ2v) is 7.05. The average molecular weight is 356 g/mol. The molecule has 1 unspecified atom stereocenters. The van der Waals surface area contributed by atoms with Gasteiger partial charge in [0.15, 0.2) is 5.69 Å². The first-order valence-electron chi connectivity index (χ1n) is 9.20. The van der Waals surface area contributed by atoms with Crippen molar-refractivity contribution in [1.82, 2.24) is 30.5 Å². The number of carbonyl (C=O) groups is 1. The molecule has 1 aliphatic heterocycles. The minimum atomic E-state index is -0.162. The zero-order valence-corrected chi connectivity index (χ0v) is 15.8. The third-order valence-electron chi connectivity index (χ3n) is 5.06. The van der Waals surface area contributed by atoms with Gasteiger partial charge in [-0.1, -0.05) is 35.5 Å². The highest BCUT2D eigenvalue weighted by Crippen LogP contribution is 2.21. The molecule has 0 saturated carbocycles. The van der Waals surface area contributed by atoms with Crippen molar-refractivity contribution in [1.29, 1.82) is 0 Å². The molecule has 2 aromatic rings. The van der Waals surface area contributed by atoms with Crippen LogP contribution in [0.15, 0.2) is 30.3 Å². The number of hydrogen-bond donors (Lipinski definition) is 2. The molecule has 1 atom stereocenters. The number of benzene rings is 1. The number of rotatable bonds is 6. The second kappa shape index (κ2) is 8.42. The topological polar surface area (TPSA) is 75.1 Å². The highest BCUT2D eigenvalue weighted by Gasteiger charge is 2.23. The highest BCUT2D eigenvalue weighted by molar-refractivity contribution is 5.93. The Morgan fingerprint density at radius 1 is 1.31 bits per heavy atom. The summed E-state index contributed by atoms with van der Waals surface area (Å²) in [6.07, 6.45) is 2.03. The van der Waals surface area contributed by atoms with Crippen LogP contribution in [-0.2, 0) is 0 Å². The summed E-state index contributed by atoms with van der Waals surface area (Å²) in [6.45, 7) is 4.41. The van der Waals surface area contributed by atoms with E-state index in [0.29, 0.717) is 18.3 Å². The molecule has 26 heavy (non-hydrogen) atoms. The molecule has 0 spiro atoms. The Labute approximate surface area is 154 Å². The first kappa shape index (κ1) is 18.5. The first-order chi connectivity index (χ1) is 12.6. The lowest BCUT2D eigenvalue weighted by atomic mass is 10.1. The molecule has 1 amide bonds. The quantitative estimate of drug-likeness (QED) is 0.821. The van der Waals surface area contributed by atoms with Crippen LogP contribution in [0.1, 0.15) is 46.7 Å². The molecule has 0 aliphatic carbocycles.